The number of benzene rings is 6. The molecule has 7 rings (SSSR count). The summed E-state index contributed by atoms with van der Waals surface area (Å²) in [6.45, 7) is 6.32. The number of rotatable bonds is 8. The molecule has 1 heterocycles. The fourth-order valence-corrected chi connectivity index (χ4v) is 8.74. The molecule has 0 bridgehead atoms. The summed E-state index contributed by atoms with van der Waals surface area (Å²) >= 11 is 0. The largest absolute Gasteiger partial charge is 0.416 e. The van der Waals surface area contributed by atoms with Crippen LogP contribution in [0, 0.1) is 0 Å². The minimum atomic E-state index is -6.13. The molecule has 0 aliphatic carbocycles. The second kappa shape index (κ2) is 21.0. The van der Waals surface area contributed by atoms with Gasteiger partial charge in [-0.15, -0.1) is 0 Å². The Hall–Kier alpha value is -7.48. The molecule has 0 fully saturated rings. The first-order chi connectivity index (χ1) is 35.9. The van der Waals surface area contributed by atoms with Gasteiger partial charge in [-0.2, -0.15) is 132 Å². The molecule has 420 valence electrons. The van der Waals surface area contributed by atoms with Crippen LogP contribution in [-0.4, -0.2) is 11.9 Å². The molecular weight excluding hydrogens is 1120 g/mol. The SMILES string of the molecule is C=C(C)c1ccc2ccccc2[n+]1CC(=O)c1ccccc1.FC(F)(F)c1cc([B-](c2cc(C(F)(F)F)cc(C(F)(F)F)c2)(c2cc(C(F)(F)F)cc(C(F)(F)F)c2)c2cc(C(F)(F)F)cc(C(F)(F)F)c2)cc(C(F)(F)F)c1. The number of hydrogen-bond donors (Lipinski definition) is 0. The van der Waals surface area contributed by atoms with Crippen molar-refractivity contribution in [2.24, 2.45) is 0 Å². The maximum Gasteiger partial charge on any atom is 0.416 e. The summed E-state index contributed by atoms with van der Waals surface area (Å²) in [7, 11) is 0. The number of carbonyl (C=O) groups excluding carboxylic acids is 1. The number of alkyl halides is 24. The number of aromatic nitrogens is 1. The summed E-state index contributed by atoms with van der Waals surface area (Å²) < 4.78 is 343. The highest BCUT2D eigenvalue weighted by Gasteiger charge is 2.47. The number of carbonyl (C=O) groups is 1. The molecule has 1 aromatic heterocycles. The molecular formula is C52H30BF24NO. The number of halogens is 24. The zero-order chi connectivity index (χ0) is 59.4. The Morgan fingerprint density at radius 3 is 0.911 bits per heavy atom. The second-order valence-electron chi connectivity index (χ2n) is 17.7. The van der Waals surface area contributed by atoms with Gasteiger partial charge in [0.2, 0.25) is 23.5 Å². The van der Waals surface area contributed by atoms with Gasteiger partial charge in [-0.25, -0.2) is 0 Å². The van der Waals surface area contributed by atoms with Gasteiger partial charge in [-0.05, 0) is 43.3 Å². The van der Waals surface area contributed by atoms with Gasteiger partial charge in [-0.1, -0.05) is 97.6 Å². The number of pyridine rings is 1. The molecule has 0 spiro atoms. The van der Waals surface area contributed by atoms with Crippen LogP contribution in [0.4, 0.5) is 105 Å². The number of nitrogens with zero attached hydrogens (tertiary/aromatic N) is 1. The molecule has 0 aliphatic rings. The molecule has 6 aromatic carbocycles. The topological polar surface area (TPSA) is 20.9 Å². The molecule has 0 saturated heterocycles. The van der Waals surface area contributed by atoms with E-state index < -0.39 is 195 Å². The van der Waals surface area contributed by atoms with Crippen molar-refractivity contribution in [1.29, 1.82) is 0 Å². The lowest BCUT2D eigenvalue weighted by Gasteiger charge is -2.46. The summed E-state index contributed by atoms with van der Waals surface area (Å²) in [6, 6.07) is 12.8. The summed E-state index contributed by atoms with van der Waals surface area (Å²) in [5.74, 6) is 0.101. The minimum Gasteiger partial charge on any atom is -0.287 e. The van der Waals surface area contributed by atoms with E-state index in [9.17, 15) is 110 Å². The molecule has 0 amide bonds. The van der Waals surface area contributed by atoms with Crippen LogP contribution in [0.2, 0.25) is 0 Å². The summed E-state index contributed by atoms with van der Waals surface area (Å²) in [5.41, 5.74) is -26.5. The number of allylic oxidation sites excluding steroid dienone is 1. The first-order valence-corrected chi connectivity index (χ1v) is 21.9. The van der Waals surface area contributed by atoms with Gasteiger partial charge >= 0.3 is 49.4 Å². The number of Topliss-reactive ketones (excluding diaryl/α,β-unsaturated/α-hetero) is 1. The van der Waals surface area contributed by atoms with Crippen molar-refractivity contribution in [3.8, 4) is 0 Å². The molecule has 2 nitrogen and oxygen atoms in total. The highest BCUT2D eigenvalue weighted by atomic mass is 19.4. The average molecular weight is 1150 g/mol. The molecule has 0 radical (unpaired) electrons. The minimum absolute atomic E-state index is 0.101. The predicted molar refractivity (Wildman–Crippen MR) is 240 cm³/mol. The zero-order valence-electron chi connectivity index (χ0n) is 39.2. The molecule has 7 aromatic rings. The van der Waals surface area contributed by atoms with Gasteiger partial charge < -0.3 is 0 Å². The third-order valence-corrected chi connectivity index (χ3v) is 12.2. The van der Waals surface area contributed by atoms with Gasteiger partial charge in [0.05, 0.1) is 44.5 Å². The highest BCUT2D eigenvalue weighted by Crippen LogP contribution is 2.41. The van der Waals surface area contributed by atoms with Crippen LogP contribution in [-0.2, 0) is 56.0 Å². The highest BCUT2D eigenvalue weighted by molar-refractivity contribution is 7.20. The van der Waals surface area contributed by atoms with E-state index in [1.165, 1.54) is 0 Å². The van der Waals surface area contributed by atoms with Crippen molar-refractivity contribution in [1.82, 2.24) is 0 Å². The van der Waals surface area contributed by atoms with Gasteiger partial charge in [0, 0.05) is 28.7 Å². The lowest BCUT2D eigenvalue weighted by Crippen LogP contribution is -2.75. The van der Waals surface area contributed by atoms with E-state index in [2.05, 4.69) is 18.7 Å². The molecule has 27 heteroatoms. The lowest BCUT2D eigenvalue weighted by atomic mass is 9.12. The molecule has 0 unspecified atom stereocenters. The Morgan fingerprint density at radius 2 is 0.646 bits per heavy atom. The van der Waals surface area contributed by atoms with Crippen LogP contribution in [0.5, 0.6) is 0 Å². The van der Waals surface area contributed by atoms with Crippen LogP contribution >= 0.6 is 0 Å². The molecule has 79 heavy (non-hydrogen) atoms. The Bertz CT molecular complexity index is 2980. The standard InChI is InChI=1S/C32H12BF24.C20H18NO/c34-25(35,36)13-1-14(26(37,38)39)6-21(5-13)33(22-7-15(27(40,41)42)2-16(8-22)28(43,44)45,23-9-17(29(46,47)48)3-18(10-23)30(49,50)51)24-11-19(31(52,53)54)4-20(12-24)32(55,56)57;1-15(2)18-13-12-16-8-6-7-11-19(16)21(18)14-20(22)17-9-4-3-5-10-17/h1-12H;3-13H,1,14H2,2H3/q-1;+1. The van der Waals surface area contributed by atoms with E-state index in [4.69, 9.17) is 0 Å². The number of ketones is 1. The van der Waals surface area contributed by atoms with Gasteiger partial charge in [0.15, 0.2) is 0 Å². The van der Waals surface area contributed by atoms with E-state index in [-0.39, 0.29) is 5.78 Å². The van der Waals surface area contributed by atoms with Gasteiger partial charge in [-0.3, -0.25) is 4.79 Å². The first kappa shape index (κ1) is 60.7. The van der Waals surface area contributed by atoms with Crippen LogP contribution < -0.4 is 26.4 Å². The summed E-state index contributed by atoms with van der Waals surface area (Å²) in [6.07, 6.45) is -54.8. The van der Waals surface area contributed by atoms with Crippen LogP contribution in [0.15, 0.2) is 146 Å². The van der Waals surface area contributed by atoms with Crippen molar-refractivity contribution >= 4 is 50.3 Å². The van der Waals surface area contributed by atoms with E-state index in [1.54, 1.807) is 0 Å². The third kappa shape index (κ3) is 13.5. The van der Waals surface area contributed by atoms with Gasteiger partial charge in [0.1, 0.15) is 6.15 Å². The smallest absolute Gasteiger partial charge is 0.287 e. The monoisotopic (exact) mass is 1150 g/mol. The average Bonchev–Trinajstić information content (AvgIpc) is 3.38. The van der Waals surface area contributed by atoms with E-state index in [0.717, 1.165) is 27.7 Å². The van der Waals surface area contributed by atoms with E-state index >= 15 is 0 Å². The van der Waals surface area contributed by atoms with Crippen LogP contribution in [0.1, 0.15) is 67.5 Å². The zero-order valence-corrected chi connectivity index (χ0v) is 39.2. The fourth-order valence-electron chi connectivity index (χ4n) is 8.74. The quantitative estimate of drug-likeness (QED) is 0.0643. The fraction of sp³-hybridized carbons (Fsp3) is 0.192. The lowest BCUT2D eigenvalue weighted by molar-refractivity contribution is -0.659. The first-order valence-electron chi connectivity index (χ1n) is 21.9. The maximum absolute atomic E-state index is 14.2. The summed E-state index contributed by atoms with van der Waals surface area (Å²) in [4.78, 5) is 12.6. The van der Waals surface area contributed by atoms with Crippen LogP contribution in [0.25, 0.3) is 16.5 Å². The second-order valence-corrected chi connectivity index (χ2v) is 17.7. The van der Waals surface area contributed by atoms with Crippen molar-refractivity contribution in [2.45, 2.75) is 62.9 Å². The third-order valence-electron chi connectivity index (χ3n) is 12.2. The van der Waals surface area contributed by atoms with Crippen molar-refractivity contribution in [3.05, 3.63) is 202 Å². The van der Waals surface area contributed by atoms with Crippen molar-refractivity contribution in [2.75, 3.05) is 0 Å². The Balaban J connectivity index is 0.000000378. The number of para-hydroxylation sites is 1. The van der Waals surface area contributed by atoms with E-state index in [0.29, 0.717) is 6.54 Å². The Labute approximate surface area is 429 Å². The van der Waals surface area contributed by atoms with Gasteiger partial charge in [0.25, 0.3) is 0 Å². The molecule has 0 saturated carbocycles. The van der Waals surface area contributed by atoms with E-state index in [1.807, 2.05) is 66.1 Å². The molecule has 0 N–H and O–H groups in total. The summed E-state index contributed by atoms with van der Waals surface area (Å²) in [5, 5.41) is 1.12. The Morgan fingerprint density at radius 1 is 0.380 bits per heavy atom. The molecule has 0 atom stereocenters. The Kier molecular flexibility index (Phi) is 16.1. The normalized spacial score (nSPS) is 13.3. The predicted octanol–water partition coefficient (Wildman–Crippen LogP) is 15.3. The van der Waals surface area contributed by atoms with Crippen molar-refractivity contribution < 1.29 is 115 Å². The van der Waals surface area contributed by atoms with Crippen molar-refractivity contribution in [3.63, 3.8) is 0 Å². The molecule has 0 aliphatic heterocycles. The van der Waals surface area contributed by atoms with Crippen LogP contribution in [0.3, 0.4) is 0 Å². The maximum atomic E-state index is 14.2. The number of fused-ring (bicyclic) bond motifs is 1. The number of hydrogen-bond acceptors (Lipinski definition) is 1.